The van der Waals surface area contributed by atoms with E-state index in [0.29, 0.717) is 5.92 Å². The summed E-state index contributed by atoms with van der Waals surface area (Å²) in [5.41, 5.74) is 1.39. The minimum atomic E-state index is 0.711. The third-order valence-electron chi connectivity index (χ3n) is 2.68. The van der Waals surface area contributed by atoms with Crippen LogP contribution in [0.1, 0.15) is 45.6 Å². The largest absolute Gasteiger partial charge is 0.494 e. The average Bonchev–Trinajstić information content (AvgIpc) is 2.26. The Morgan fingerprint density at radius 3 is 2.75 bits per heavy atom. The monoisotopic (exact) mass is 220 g/mol. The zero-order valence-electron chi connectivity index (χ0n) is 10.8. The maximum atomic E-state index is 5.74. The van der Waals surface area contributed by atoms with Gasteiger partial charge in [-0.05, 0) is 42.9 Å². The summed E-state index contributed by atoms with van der Waals surface area (Å²) in [5, 5.41) is 0. The van der Waals surface area contributed by atoms with Crippen molar-refractivity contribution in [3.8, 4) is 5.75 Å². The van der Waals surface area contributed by atoms with Crippen LogP contribution in [0.25, 0.3) is 0 Å². The smallest absolute Gasteiger partial charge is 0.119 e. The predicted molar refractivity (Wildman–Crippen MR) is 70.0 cm³/mol. The van der Waals surface area contributed by atoms with Crippen molar-refractivity contribution in [3.05, 3.63) is 29.8 Å². The van der Waals surface area contributed by atoms with Crippen LogP contribution >= 0.6 is 0 Å². The zero-order valence-corrected chi connectivity index (χ0v) is 10.8. The van der Waals surface area contributed by atoms with Gasteiger partial charge in [0.05, 0.1) is 6.61 Å². The van der Waals surface area contributed by atoms with Crippen LogP contribution in [0.15, 0.2) is 24.3 Å². The molecule has 1 rings (SSSR count). The van der Waals surface area contributed by atoms with Gasteiger partial charge in [-0.25, -0.2) is 0 Å². The topological polar surface area (TPSA) is 9.23 Å². The fourth-order valence-corrected chi connectivity index (χ4v) is 1.58. The van der Waals surface area contributed by atoms with Crippen molar-refractivity contribution in [1.82, 2.24) is 0 Å². The van der Waals surface area contributed by atoms with E-state index in [0.717, 1.165) is 25.2 Å². The summed E-state index contributed by atoms with van der Waals surface area (Å²) in [5.74, 6) is 1.73. The maximum Gasteiger partial charge on any atom is 0.119 e. The van der Waals surface area contributed by atoms with E-state index in [9.17, 15) is 0 Å². The first-order valence-corrected chi connectivity index (χ1v) is 6.44. The Balaban J connectivity index is 2.40. The van der Waals surface area contributed by atoms with Crippen LogP contribution in [0.2, 0.25) is 0 Å². The summed E-state index contributed by atoms with van der Waals surface area (Å²) in [4.78, 5) is 0. The summed E-state index contributed by atoms with van der Waals surface area (Å²) in [7, 11) is 0. The van der Waals surface area contributed by atoms with Gasteiger partial charge in [0.1, 0.15) is 5.75 Å². The first-order valence-electron chi connectivity index (χ1n) is 6.44. The van der Waals surface area contributed by atoms with Crippen molar-refractivity contribution >= 4 is 0 Å². The predicted octanol–water partition coefficient (Wildman–Crippen LogP) is 4.45. The summed E-state index contributed by atoms with van der Waals surface area (Å²) < 4.78 is 5.74. The van der Waals surface area contributed by atoms with E-state index in [4.69, 9.17) is 4.74 Å². The van der Waals surface area contributed by atoms with Gasteiger partial charge in [-0.1, -0.05) is 39.3 Å². The molecule has 1 aromatic rings. The van der Waals surface area contributed by atoms with Crippen LogP contribution in [0, 0.1) is 5.92 Å². The van der Waals surface area contributed by atoms with Gasteiger partial charge >= 0.3 is 0 Å². The quantitative estimate of drug-likeness (QED) is 0.659. The lowest BCUT2D eigenvalue weighted by molar-refractivity contribution is 0.289. The number of unbranched alkanes of at least 4 members (excludes halogenated alkanes) is 1. The van der Waals surface area contributed by atoms with Gasteiger partial charge in [0.2, 0.25) is 0 Å². The van der Waals surface area contributed by atoms with E-state index in [1.165, 1.54) is 18.4 Å². The Labute approximate surface area is 99.8 Å². The number of rotatable bonds is 7. The van der Waals surface area contributed by atoms with Crippen LogP contribution in [0.4, 0.5) is 0 Å². The molecule has 0 amide bonds. The van der Waals surface area contributed by atoms with Crippen molar-refractivity contribution in [1.29, 1.82) is 0 Å². The van der Waals surface area contributed by atoms with Gasteiger partial charge < -0.3 is 4.74 Å². The molecule has 0 aliphatic carbocycles. The molecule has 16 heavy (non-hydrogen) atoms. The van der Waals surface area contributed by atoms with Crippen molar-refractivity contribution in [2.45, 2.75) is 46.5 Å². The van der Waals surface area contributed by atoms with Gasteiger partial charge in [0.15, 0.2) is 0 Å². The van der Waals surface area contributed by atoms with Gasteiger partial charge in [0, 0.05) is 0 Å². The highest BCUT2D eigenvalue weighted by Gasteiger charge is 1.98. The molecule has 0 bridgehead atoms. The minimum Gasteiger partial charge on any atom is -0.494 e. The molecule has 90 valence electrons. The lowest BCUT2D eigenvalue weighted by Crippen LogP contribution is -2.01. The highest BCUT2D eigenvalue weighted by Crippen LogP contribution is 2.16. The molecule has 0 saturated heterocycles. The molecule has 0 fully saturated rings. The van der Waals surface area contributed by atoms with Crippen molar-refractivity contribution in [2.75, 3.05) is 6.61 Å². The number of aryl methyl sites for hydroxylation is 1. The van der Waals surface area contributed by atoms with Crippen LogP contribution < -0.4 is 4.74 Å². The highest BCUT2D eigenvalue weighted by atomic mass is 16.5. The molecular formula is C15H24O. The molecule has 0 N–H and O–H groups in total. The second-order valence-electron chi connectivity index (χ2n) is 4.78. The number of hydrogen-bond acceptors (Lipinski definition) is 1. The van der Waals surface area contributed by atoms with Crippen molar-refractivity contribution in [3.63, 3.8) is 0 Å². The fourth-order valence-electron chi connectivity index (χ4n) is 1.58. The maximum absolute atomic E-state index is 5.74. The van der Waals surface area contributed by atoms with Crippen LogP contribution in [0.3, 0.4) is 0 Å². The summed E-state index contributed by atoms with van der Waals surface area (Å²) in [6.07, 6.45) is 4.80. The Kier molecular flexibility index (Phi) is 5.99. The molecule has 1 heteroatoms. The molecule has 0 saturated carbocycles. The minimum absolute atomic E-state index is 0.711. The van der Waals surface area contributed by atoms with E-state index in [1.54, 1.807) is 0 Å². The van der Waals surface area contributed by atoms with E-state index >= 15 is 0 Å². The lowest BCUT2D eigenvalue weighted by Gasteiger charge is -2.09. The van der Waals surface area contributed by atoms with Crippen LogP contribution in [-0.4, -0.2) is 6.61 Å². The molecule has 1 aromatic carbocycles. The molecular weight excluding hydrogens is 196 g/mol. The third-order valence-corrected chi connectivity index (χ3v) is 2.68. The third kappa shape index (κ3) is 5.20. The molecule has 0 unspecified atom stereocenters. The average molecular weight is 220 g/mol. The summed E-state index contributed by atoms with van der Waals surface area (Å²) in [6, 6.07) is 8.51. The van der Waals surface area contributed by atoms with Crippen molar-refractivity contribution < 1.29 is 4.74 Å². The van der Waals surface area contributed by atoms with E-state index in [2.05, 4.69) is 45.0 Å². The molecule has 0 atom stereocenters. The van der Waals surface area contributed by atoms with Gasteiger partial charge in [-0.15, -0.1) is 0 Å². The molecule has 0 radical (unpaired) electrons. The second kappa shape index (κ2) is 7.32. The fraction of sp³-hybridized carbons (Fsp3) is 0.600. The molecule has 0 heterocycles. The molecule has 0 aliphatic heterocycles. The Bertz CT molecular complexity index is 291. The Hall–Kier alpha value is -0.980. The number of hydrogen-bond donors (Lipinski definition) is 0. The van der Waals surface area contributed by atoms with Gasteiger partial charge in [0.25, 0.3) is 0 Å². The van der Waals surface area contributed by atoms with Crippen LogP contribution in [-0.2, 0) is 6.42 Å². The highest BCUT2D eigenvalue weighted by molar-refractivity contribution is 5.28. The molecule has 0 spiro atoms. The van der Waals surface area contributed by atoms with Crippen molar-refractivity contribution in [2.24, 2.45) is 5.92 Å². The van der Waals surface area contributed by atoms with E-state index in [1.807, 2.05) is 0 Å². The normalized spacial score (nSPS) is 10.8. The number of ether oxygens (including phenoxy) is 1. The first kappa shape index (κ1) is 13.1. The Morgan fingerprint density at radius 2 is 2.06 bits per heavy atom. The molecule has 0 aromatic heterocycles. The van der Waals surface area contributed by atoms with Gasteiger partial charge in [-0.3, -0.25) is 0 Å². The Morgan fingerprint density at radius 1 is 1.25 bits per heavy atom. The van der Waals surface area contributed by atoms with E-state index < -0.39 is 0 Å². The SMILES string of the molecule is CCCCc1cccc(OCCC(C)C)c1. The van der Waals surface area contributed by atoms with Crippen LogP contribution in [0.5, 0.6) is 5.75 Å². The molecule has 0 aliphatic rings. The standard InChI is InChI=1S/C15H24O/c1-4-5-7-14-8-6-9-15(12-14)16-11-10-13(2)3/h6,8-9,12-13H,4-5,7,10-11H2,1-3H3. The zero-order chi connectivity index (χ0) is 11.8. The molecule has 1 nitrogen and oxygen atoms in total. The first-order chi connectivity index (χ1) is 7.72. The second-order valence-corrected chi connectivity index (χ2v) is 4.78. The van der Waals surface area contributed by atoms with E-state index in [-0.39, 0.29) is 0 Å². The summed E-state index contributed by atoms with van der Waals surface area (Å²) >= 11 is 0. The lowest BCUT2D eigenvalue weighted by atomic mass is 10.1. The summed E-state index contributed by atoms with van der Waals surface area (Å²) in [6.45, 7) is 7.50. The number of benzene rings is 1. The van der Waals surface area contributed by atoms with Gasteiger partial charge in [-0.2, -0.15) is 0 Å².